The monoisotopic (exact) mass is 395 g/mol. The first-order chi connectivity index (χ1) is 12.9. The molecular formula is C20H27ClFN3O2. The maximum Gasteiger partial charge on any atom is 0.227 e. The minimum absolute atomic E-state index is 0.0134. The van der Waals surface area contributed by atoms with E-state index in [2.05, 4.69) is 5.32 Å². The van der Waals surface area contributed by atoms with Crippen LogP contribution in [0.15, 0.2) is 18.2 Å². The molecule has 1 aliphatic heterocycles. The highest BCUT2D eigenvalue weighted by atomic mass is 35.5. The number of hydrogen-bond donors (Lipinski definition) is 2. The molecule has 0 spiro atoms. The smallest absolute Gasteiger partial charge is 0.227 e. The molecule has 3 N–H and O–H groups in total. The molecule has 1 aromatic carbocycles. The Morgan fingerprint density at radius 1 is 1.19 bits per heavy atom. The lowest BCUT2D eigenvalue weighted by Gasteiger charge is -2.37. The zero-order valence-corrected chi connectivity index (χ0v) is 16.2. The number of anilines is 1. The van der Waals surface area contributed by atoms with E-state index in [0.717, 1.165) is 38.5 Å². The first kappa shape index (κ1) is 20.1. The van der Waals surface area contributed by atoms with Crippen molar-refractivity contribution in [3.05, 3.63) is 29.0 Å². The van der Waals surface area contributed by atoms with Crippen molar-refractivity contribution in [2.24, 2.45) is 17.6 Å². The predicted octanol–water partition coefficient (Wildman–Crippen LogP) is 3.56. The van der Waals surface area contributed by atoms with Crippen molar-refractivity contribution in [1.82, 2.24) is 4.90 Å². The van der Waals surface area contributed by atoms with Gasteiger partial charge in [0.25, 0.3) is 0 Å². The molecular weight excluding hydrogens is 369 g/mol. The summed E-state index contributed by atoms with van der Waals surface area (Å²) >= 11 is 5.74. The molecule has 5 nitrogen and oxygen atoms in total. The minimum atomic E-state index is -0.510. The van der Waals surface area contributed by atoms with Gasteiger partial charge in [0.15, 0.2) is 0 Å². The van der Waals surface area contributed by atoms with E-state index in [9.17, 15) is 14.0 Å². The van der Waals surface area contributed by atoms with E-state index < -0.39 is 5.82 Å². The number of rotatable bonds is 4. The van der Waals surface area contributed by atoms with E-state index in [-0.39, 0.29) is 34.7 Å². The molecule has 1 saturated carbocycles. The fourth-order valence-corrected chi connectivity index (χ4v) is 4.29. The summed E-state index contributed by atoms with van der Waals surface area (Å²) in [5.74, 6) is -0.237. The van der Waals surface area contributed by atoms with Gasteiger partial charge in [-0.05, 0) is 49.8 Å². The van der Waals surface area contributed by atoms with E-state index >= 15 is 0 Å². The molecule has 7 heteroatoms. The summed E-state index contributed by atoms with van der Waals surface area (Å²) in [5.41, 5.74) is 6.63. The van der Waals surface area contributed by atoms with Crippen molar-refractivity contribution >= 4 is 29.1 Å². The third-order valence-corrected chi connectivity index (χ3v) is 6.03. The second-order valence-electron chi connectivity index (χ2n) is 7.70. The number of carbonyl (C=O) groups is 2. The lowest BCUT2D eigenvalue weighted by Crippen LogP contribution is -2.48. The van der Waals surface area contributed by atoms with Gasteiger partial charge in [-0.3, -0.25) is 9.59 Å². The molecule has 2 atom stereocenters. The first-order valence-corrected chi connectivity index (χ1v) is 10.1. The van der Waals surface area contributed by atoms with Crippen LogP contribution in [0.1, 0.15) is 44.9 Å². The summed E-state index contributed by atoms with van der Waals surface area (Å²) < 4.78 is 13.2. The second-order valence-corrected chi connectivity index (χ2v) is 8.11. The van der Waals surface area contributed by atoms with Crippen LogP contribution in [0.4, 0.5) is 10.1 Å². The van der Waals surface area contributed by atoms with Crippen LogP contribution >= 0.6 is 11.6 Å². The zero-order chi connectivity index (χ0) is 19.4. The number of nitrogens with one attached hydrogen (secondary N) is 1. The standard InChI is InChI=1S/C20H27ClFN3O2/c21-16-12-14(5-6-17(16)22)24-19(26)11-13-7-9-25(10-8-13)20(27)15-3-1-2-4-18(15)23/h5-6,12-13,15,18H,1-4,7-11,23H2,(H,24,26). The Bertz CT molecular complexity index is 692. The summed E-state index contributed by atoms with van der Waals surface area (Å²) in [4.78, 5) is 26.9. The number of piperidine rings is 1. The highest BCUT2D eigenvalue weighted by molar-refractivity contribution is 6.31. The van der Waals surface area contributed by atoms with Gasteiger partial charge in [-0.25, -0.2) is 4.39 Å². The van der Waals surface area contributed by atoms with E-state index in [0.29, 0.717) is 25.2 Å². The van der Waals surface area contributed by atoms with Gasteiger partial charge in [0.05, 0.1) is 10.9 Å². The Labute approximate surface area is 164 Å². The molecule has 2 aliphatic rings. The molecule has 2 fully saturated rings. The molecule has 0 aromatic heterocycles. The molecule has 0 bridgehead atoms. The van der Waals surface area contributed by atoms with E-state index in [4.69, 9.17) is 17.3 Å². The normalized spacial score (nSPS) is 23.9. The number of likely N-dealkylation sites (tertiary alicyclic amines) is 1. The molecule has 2 unspecified atom stereocenters. The summed E-state index contributed by atoms with van der Waals surface area (Å²) in [7, 11) is 0. The van der Waals surface area contributed by atoms with Gasteiger partial charge in [-0.2, -0.15) is 0 Å². The molecule has 1 aliphatic carbocycles. The maximum atomic E-state index is 13.2. The van der Waals surface area contributed by atoms with E-state index in [1.807, 2.05) is 4.90 Å². The van der Waals surface area contributed by atoms with Crippen LogP contribution in [0.25, 0.3) is 0 Å². The quantitative estimate of drug-likeness (QED) is 0.818. The van der Waals surface area contributed by atoms with Crippen LogP contribution in [0.2, 0.25) is 5.02 Å². The van der Waals surface area contributed by atoms with Crippen molar-refractivity contribution in [1.29, 1.82) is 0 Å². The molecule has 1 saturated heterocycles. The highest BCUT2D eigenvalue weighted by Crippen LogP contribution is 2.28. The number of halogens is 2. The summed E-state index contributed by atoms with van der Waals surface area (Å²) in [6.07, 6.45) is 6.02. The third kappa shape index (κ3) is 5.20. The highest BCUT2D eigenvalue weighted by Gasteiger charge is 2.33. The summed E-state index contributed by atoms with van der Waals surface area (Å²) in [5, 5.41) is 2.75. The number of benzene rings is 1. The number of amides is 2. The van der Waals surface area contributed by atoms with Gasteiger partial charge >= 0.3 is 0 Å². The zero-order valence-electron chi connectivity index (χ0n) is 15.4. The van der Waals surface area contributed by atoms with Gasteiger partial charge < -0.3 is 16.0 Å². The van der Waals surface area contributed by atoms with Crippen molar-refractivity contribution in [2.45, 2.75) is 51.0 Å². The van der Waals surface area contributed by atoms with Gasteiger partial charge in [0.2, 0.25) is 11.8 Å². The molecule has 1 aromatic rings. The Morgan fingerprint density at radius 3 is 2.56 bits per heavy atom. The van der Waals surface area contributed by atoms with Crippen molar-refractivity contribution < 1.29 is 14.0 Å². The number of carbonyl (C=O) groups excluding carboxylic acids is 2. The van der Waals surface area contributed by atoms with E-state index in [1.54, 1.807) is 0 Å². The predicted molar refractivity (Wildman–Crippen MR) is 104 cm³/mol. The van der Waals surface area contributed by atoms with E-state index in [1.165, 1.54) is 18.2 Å². The molecule has 1 heterocycles. The number of nitrogens with two attached hydrogens (primary N) is 1. The molecule has 3 rings (SSSR count). The van der Waals surface area contributed by atoms with Crippen LogP contribution in [0.5, 0.6) is 0 Å². The largest absolute Gasteiger partial charge is 0.342 e. The van der Waals surface area contributed by atoms with Crippen molar-refractivity contribution in [3.63, 3.8) is 0 Å². The fourth-order valence-electron chi connectivity index (χ4n) is 4.11. The summed E-state index contributed by atoms with van der Waals surface area (Å²) in [6, 6.07) is 4.12. The third-order valence-electron chi connectivity index (χ3n) is 5.74. The van der Waals surface area contributed by atoms with Gasteiger partial charge in [0.1, 0.15) is 5.82 Å². The maximum absolute atomic E-state index is 13.2. The van der Waals surface area contributed by atoms with Gasteiger partial charge in [-0.15, -0.1) is 0 Å². The van der Waals surface area contributed by atoms with Crippen molar-refractivity contribution in [3.8, 4) is 0 Å². The first-order valence-electron chi connectivity index (χ1n) is 9.73. The Morgan fingerprint density at radius 2 is 1.89 bits per heavy atom. The van der Waals surface area contributed by atoms with Crippen LogP contribution in [0, 0.1) is 17.7 Å². The fraction of sp³-hybridized carbons (Fsp3) is 0.600. The van der Waals surface area contributed by atoms with Gasteiger partial charge in [0, 0.05) is 31.2 Å². The molecule has 0 radical (unpaired) electrons. The van der Waals surface area contributed by atoms with Crippen LogP contribution in [-0.4, -0.2) is 35.8 Å². The molecule has 148 valence electrons. The number of hydrogen-bond acceptors (Lipinski definition) is 3. The van der Waals surface area contributed by atoms with Crippen LogP contribution in [0.3, 0.4) is 0 Å². The Hall–Kier alpha value is -1.66. The molecule has 2 amide bonds. The van der Waals surface area contributed by atoms with Crippen LogP contribution in [-0.2, 0) is 9.59 Å². The van der Waals surface area contributed by atoms with Gasteiger partial charge in [-0.1, -0.05) is 24.4 Å². The molecule has 27 heavy (non-hydrogen) atoms. The Balaban J connectivity index is 1.45. The van der Waals surface area contributed by atoms with Crippen LogP contribution < -0.4 is 11.1 Å². The Kier molecular flexibility index (Phi) is 6.71. The minimum Gasteiger partial charge on any atom is -0.342 e. The summed E-state index contributed by atoms with van der Waals surface area (Å²) in [6.45, 7) is 1.37. The SMILES string of the molecule is NC1CCCCC1C(=O)N1CCC(CC(=O)Nc2ccc(F)c(Cl)c2)CC1. The van der Waals surface area contributed by atoms with Crippen molar-refractivity contribution in [2.75, 3.05) is 18.4 Å². The lowest BCUT2D eigenvalue weighted by molar-refractivity contribution is -0.138. The number of nitrogens with zero attached hydrogens (tertiary/aromatic N) is 1. The topological polar surface area (TPSA) is 75.4 Å². The lowest BCUT2D eigenvalue weighted by atomic mass is 9.83. The second kappa shape index (κ2) is 9.02. The average Bonchev–Trinajstić information content (AvgIpc) is 2.65. The average molecular weight is 396 g/mol.